The van der Waals surface area contributed by atoms with Gasteiger partial charge in [0.05, 0.1) is 24.9 Å². The summed E-state index contributed by atoms with van der Waals surface area (Å²) < 4.78 is 11.3. The topological polar surface area (TPSA) is 30.5 Å². The van der Waals surface area contributed by atoms with Crippen LogP contribution in [0.15, 0.2) is 24.3 Å². The molecule has 0 aromatic heterocycles. The Hall–Kier alpha value is -1.06. The van der Waals surface area contributed by atoms with Crippen molar-refractivity contribution in [1.29, 1.82) is 0 Å². The van der Waals surface area contributed by atoms with Gasteiger partial charge in [0.1, 0.15) is 5.75 Å². The van der Waals surface area contributed by atoms with Crippen molar-refractivity contribution < 1.29 is 9.47 Å². The Bertz CT molecular complexity index is 354. The number of benzene rings is 1. The Morgan fingerprint density at radius 3 is 2.21 bits per heavy atom. The lowest BCUT2D eigenvalue weighted by Gasteiger charge is -2.25. The van der Waals surface area contributed by atoms with E-state index in [0.717, 1.165) is 12.3 Å². The van der Waals surface area contributed by atoms with Gasteiger partial charge < -0.3 is 14.8 Å². The van der Waals surface area contributed by atoms with Crippen LogP contribution in [0.2, 0.25) is 0 Å². The first-order chi connectivity index (χ1) is 8.96. The third-order valence-electron chi connectivity index (χ3n) is 2.73. The fourth-order valence-electron chi connectivity index (χ4n) is 1.82. The highest BCUT2D eigenvalue weighted by molar-refractivity contribution is 5.29. The molecule has 1 N–H and O–H groups in total. The molecule has 0 saturated heterocycles. The van der Waals surface area contributed by atoms with Gasteiger partial charge in [0.2, 0.25) is 0 Å². The van der Waals surface area contributed by atoms with E-state index in [2.05, 4.69) is 45.1 Å². The van der Waals surface area contributed by atoms with Crippen molar-refractivity contribution in [2.75, 3.05) is 19.8 Å². The summed E-state index contributed by atoms with van der Waals surface area (Å²) >= 11 is 0. The van der Waals surface area contributed by atoms with Gasteiger partial charge in [-0.2, -0.15) is 0 Å². The summed E-state index contributed by atoms with van der Waals surface area (Å²) in [5.74, 6) is 0.915. The summed E-state index contributed by atoms with van der Waals surface area (Å²) in [6.45, 7) is 12.6. The van der Waals surface area contributed by atoms with Crippen LogP contribution in [0.25, 0.3) is 0 Å². The van der Waals surface area contributed by atoms with Crippen LogP contribution in [-0.2, 0) is 4.74 Å². The van der Waals surface area contributed by atoms with Crippen LogP contribution in [0.1, 0.15) is 46.2 Å². The van der Waals surface area contributed by atoms with Gasteiger partial charge in [0, 0.05) is 0 Å². The molecular weight excluding hydrogens is 238 g/mol. The molecule has 3 heteroatoms. The highest BCUT2D eigenvalue weighted by Gasteiger charge is 2.16. The fraction of sp³-hybridized carbons (Fsp3) is 0.625. The fourth-order valence-corrected chi connectivity index (χ4v) is 1.82. The Morgan fingerprint density at radius 1 is 1.11 bits per heavy atom. The van der Waals surface area contributed by atoms with Crippen molar-refractivity contribution in [3.05, 3.63) is 29.8 Å². The third kappa shape index (κ3) is 6.08. The molecule has 0 saturated carbocycles. The predicted molar refractivity (Wildman–Crippen MR) is 79.7 cm³/mol. The minimum absolute atomic E-state index is 0.112. The number of nitrogens with one attached hydrogen (secondary N) is 1. The van der Waals surface area contributed by atoms with E-state index in [0.29, 0.717) is 13.2 Å². The van der Waals surface area contributed by atoms with Crippen molar-refractivity contribution in [3.63, 3.8) is 0 Å². The highest BCUT2D eigenvalue weighted by Crippen LogP contribution is 2.20. The van der Waals surface area contributed by atoms with Gasteiger partial charge >= 0.3 is 0 Å². The molecule has 0 aliphatic rings. The van der Waals surface area contributed by atoms with Crippen molar-refractivity contribution in [1.82, 2.24) is 5.32 Å². The second kappa shape index (κ2) is 7.51. The van der Waals surface area contributed by atoms with E-state index in [-0.39, 0.29) is 11.6 Å². The number of hydrogen-bond donors (Lipinski definition) is 1. The predicted octanol–water partition coefficient (Wildman–Crippen LogP) is 3.55. The summed E-state index contributed by atoms with van der Waals surface area (Å²) in [6, 6.07) is 8.45. The van der Waals surface area contributed by atoms with Crippen LogP contribution in [0.3, 0.4) is 0 Å². The van der Waals surface area contributed by atoms with Crippen LogP contribution < -0.4 is 10.1 Å². The zero-order valence-electron chi connectivity index (χ0n) is 12.8. The molecule has 3 nitrogen and oxygen atoms in total. The lowest BCUT2D eigenvalue weighted by molar-refractivity contribution is -0.0146. The van der Waals surface area contributed by atoms with Gasteiger partial charge in [-0.3, -0.25) is 0 Å². The Kier molecular flexibility index (Phi) is 6.32. The average Bonchev–Trinajstić information content (AvgIpc) is 2.35. The van der Waals surface area contributed by atoms with E-state index < -0.39 is 0 Å². The normalized spacial score (nSPS) is 13.3. The first-order valence-electron chi connectivity index (χ1n) is 7.06. The van der Waals surface area contributed by atoms with Crippen molar-refractivity contribution in [2.24, 2.45) is 0 Å². The van der Waals surface area contributed by atoms with Gasteiger partial charge in [-0.15, -0.1) is 0 Å². The van der Waals surface area contributed by atoms with E-state index in [1.807, 2.05) is 19.1 Å². The number of ether oxygens (including phenoxy) is 2. The largest absolute Gasteiger partial charge is 0.494 e. The molecule has 0 heterocycles. The lowest BCUT2D eigenvalue weighted by Crippen LogP contribution is -2.30. The molecule has 1 aromatic rings. The Labute approximate surface area is 117 Å². The molecule has 0 fully saturated rings. The minimum Gasteiger partial charge on any atom is -0.494 e. The lowest BCUT2D eigenvalue weighted by atomic mass is 10.1. The van der Waals surface area contributed by atoms with Crippen LogP contribution in [-0.4, -0.2) is 25.4 Å². The second-order valence-electron chi connectivity index (χ2n) is 5.54. The maximum absolute atomic E-state index is 5.88. The third-order valence-corrected chi connectivity index (χ3v) is 2.73. The zero-order chi connectivity index (χ0) is 14.3. The molecule has 0 bridgehead atoms. The quantitative estimate of drug-likeness (QED) is 0.818. The molecule has 1 rings (SSSR count). The molecule has 0 radical (unpaired) electrons. The molecule has 108 valence electrons. The maximum atomic E-state index is 5.88. The van der Waals surface area contributed by atoms with Crippen molar-refractivity contribution >= 4 is 0 Å². The van der Waals surface area contributed by atoms with Crippen molar-refractivity contribution in [2.45, 2.75) is 46.3 Å². The average molecular weight is 265 g/mol. The standard InChI is InChI=1S/C16H27NO2/c1-6-17-15(12-19-16(3,4)5)13-8-10-14(11-9-13)18-7-2/h8-11,15,17H,6-7,12H2,1-5H3. The molecule has 0 amide bonds. The highest BCUT2D eigenvalue weighted by atomic mass is 16.5. The summed E-state index contributed by atoms with van der Waals surface area (Å²) in [4.78, 5) is 0. The van der Waals surface area contributed by atoms with Crippen LogP contribution >= 0.6 is 0 Å². The molecule has 0 spiro atoms. The molecule has 1 unspecified atom stereocenters. The zero-order valence-corrected chi connectivity index (χ0v) is 12.8. The first kappa shape index (κ1) is 16.0. The summed E-state index contributed by atoms with van der Waals surface area (Å²) in [5, 5.41) is 3.46. The van der Waals surface area contributed by atoms with E-state index in [1.165, 1.54) is 5.56 Å². The Morgan fingerprint density at radius 2 is 1.74 bits per heavy atom. The van der Waals surface area contributed by atoms with Gasteiger partial charge in [-0.1, -0.05) is 19.1 Å². The summed E-state index contributed by atoms with van der Waals surface area (Å²) in [6.07, 6.45) is 0. The monoisotopic (exact) mass is 265 g/mol. The molecular formula is C16H27NO2. The van der Waals surface area contributed by atoms with Crippen LogP contribution in [0.5, 0.6) is 5.75 Å². The molecule has 1 aromatic carbocycles. The van der Waals surface area contributed by atoms with E-state index in [4.69, 9.17) is 9.47 Å². The van der Waals surface area contributed by atoms with Crippen LogP contribution in [0.4, 0.5) is 0 Å². The number of rotatable bonds is 7. The van der Waals surface area contributed by atoms with E-state index >= 15 is 0 Å². The summed E-state index contributed by atoms with van der Waals surface area (Å²) in [5.41, 5.74) is 1.12. The number of likely N-dealkylation sites (N-methyl/N-ethyl adjacent to an activating group) is 1. The van der Waals surface area contributed by atoms with Gasteiger partial charge in [-0.05, 0) is 51.9 Å². The number of hydrogen-bond acceptors (Lipinski definition) is 3. The summed E-state index contributed by atoms with van der Waals surface area (Å²) in [7, 11) is 0. The van der Waals surface area contributed by atoms with Gasteiger partial charge in [0.25, 0.3) is 0 Å². The van der Waals surface area contributed by atoms with Crippen LogP contribution in [0, 0.1) is 0 Å². The molecule has 19 heavy (non-hydrogen) atoms. The second-order valence-corrected chi connectivity index (χ2v) is 5.54. The molecule has 1 atom stereocenters. The molecule has 0 aliphatic heterocycles. The smallest absolute Gasteiger partial charge is 0.119 e. The van der Waals surface area contributed by atoms with E-state index in [1.54, 1.807) is 0 Å². The van der Waals surface area contributed by atoms with Gasteiger partial charge in [0.15, 0.2) is 0 Å². The first-order valence-corrected chi connectivity index (χ1v) is 7.06. The SMILES string of the molecule is CCNC(COC(C)(C)C)c1ccc(OCC)cc1. The van der Waals surface area contributed by atoms with Gasteiger partial charge in [-0.25, -0.2) is 0 Å². The maximum Gasteiger partial charge on any atom is 0.119 e. The van der Waals surface area contributed by atoms with E-state index in [9.17, 15) is 0 Å². The molecule has 0 aliphatic carbocycles. The Balaban J connectivity index is 2.69. The minimum atomic E-state index is -0.112. The van der Waals surface area contributed by atoms with Crippen molar-refractivity contribution in [3.8, 4) is 5.75 Å².